The summed E-state index contributed by atoms with van der Waals surface area (Å²) in [5, 5.41) is 6.27. The summed E-state index contributed by atoms with van der Waals surface area (Å²) in [6.45, 7) is -0.847. The van der Waals surface area contributed by atoms with Crippen molar-refractivity contribution in [3.8, 4) is 5.75 Å². The van der Waals surface area contributed by atoms with Crippen LogP contribution in [-0.2, 0) is 19.6 Å². The van der Waals surface area contributed by atoms with Crippen molar-refractivity contribution in [3.63, 3.8) is 0 Å². The molecule has 0 saturated heterocycles. The summed E-state index contributed by atoms with van der Waals surface area (Å²) in [7, 11) is 0. The number of anilines is 1. The SMILES string of the molecule is Cl.Cl.FC(F)Oc1cccc(CNc2ncc3c(n2)CNC3)c1. The van der Waals surface area contributed by atoms with E-state index < -0.39 is 6.61 Å². The molecule has 5 nitrogen and oxygen atoms in total. The molecule has 0 spiro atoms. The third-order valence-electron chi connectivity index (χ3n) is 3.14. The topological polar surface area (TPSA) is 59.1 Å². The van der Waals surface area contributed by atoms with Crippen molar-refractivity contribution in [1.82, 2.24) is 15.3 Å². The van der Waals surface area contributed by atoms with Crippen molar-refractivity contribution in [1.29, 1.82) is 0 Å². The Balaban J connectivity index is 0.00000132. The van der Waals surface area contributed by atoms with Crippen LogP contribution in [0.5, 0.6) is 5.75 Å². The Kier molecular flexibility index (Phi) is 7.41. The fraction of sp³-hybridized carbons (Fsp3) is 0.286. The van der Waals surface area contributed by atoms with Crippen LogP contribution in [0, 0.1) is 0 Å². The van der Waals surface area contributed by atoms with Gasteiger partial charge < -0.3 is 15.4 Å². The highest BCUT2D eigenvalue weighted by molar-refractivity contribution is 5.85. The number of ether oxygens (including phenoxy) is 1. The van der Waals surface area contributed by atoms with Crippen molar-refractivity contribution in [2.24, 2.45) is 0 Å². The van der Waals surface area contributed by atoms with Crippen LogP contribution in [-0.4, -0.2) is 16.6 Å². The van der Waals surface area contributed by atoms with E-state index in [2.05, 4.69) is 25.3 Å². The third kappa shape index (κ3) is 5.16. The van der Waals surface area contributed by atoms with Crippen molar-refractivity contribution in [3.05, 3.63) is 47.3 Å². The lowest BCUT2D eigenvalue weighted by Crippen LogP contribution is -2.06. The summed E-state index contributed by atoms with van der Waals surface area (Å²) in [6, 6.07) is 6.55. The fourth-order valence-corrected chi connectivity index (χ4v) is 2.16. The molecule has 0 aliphatic carbocycles. The lowest BCUT2D eigenvalue weighted by molar-refractivity contribution is -0.0498. The van der Waals surface area contributed by atoms with Gasteiger partial charge in [-0.05, 0) is 17.7 Å². The molecule has 2 N–H and O–H groups in total. The molecule has 0 fully saturated rings. The Bertz CT molecular complexity index is 646. The Morgan fingerprint density at radius 3 is 2.87 bits per heavy atom. The van der Waals surface area contributed by atoms with E-state index in [1.54, 1.807) is 18.3 Å². The van der Waals surface area contributed by atoms with Crippen LogP contribution in [0.4, 0.5) is 14.7 Å². The maximum absolute atomic E-state index is 12.2. The molecule has 2 heterocycles. The van der Waals surface area contributed by atoms with E-state index in [4.69, 9.17) is 0 Å². The van der Waals surface area contributed by atoms with Gasteiger partial charge in [0.25, 0.3) is 0 Å². The second-order valence-corrected chi connectivity index (χ2v) is 4.65. The molecule has 3 rings (SSSR count). The van der Waals surface area contributed by atoms with Gasteiger partial charge in [-0.3, -0.25) is 0 Å². The number of benzene rings is 1. The smallest absolute Gasteiger partial charge is 0.387 e. The van der Waals surface area contributed by atoms with Gasteiger partial charge in [-0.1, -0.05) is 12.1 Å². The number of hydrogen-bond donors (Lipinski definition) is 2. The lowest BCUT2D eigenvalue weighted by atomic mass is 10.2. The molecule has 1 aromatic carbocycles. The highest BCUT2D eigenvalue weighted by atomic mass is 35.5. The minimum absolute atomic E-state index is 0. The average Bonchev–Trinajstić information content (AvgIpc) is 2.92. The van der Waals surface area contributed by atoms with Crippen LogP contribution in [0.15, 0.2) is 30.5 Å². The highest BCUT2D eigenvalue weighted by Gasteiger charge is 2.12. The van der Waals surface area contributed by atoms with Gasteiger partial charge in [-0.15, -0.1) is 24.8 Å². The molecule has 0 bridgehead atoms. The molecule has 0 unspecified atom stereocenters. The van der Waals surface area contributed by atoms with Crippen LogP contribution < -0.4 is 15.4 Å². The summed E-state index contributed by atoms with van der Waals surface area (Å²) in [5.41, 5.74) is 2.91. The first-order valence-electron chi connectivity index (χ1n) is 6.54. The van der Waals surface area contributed by atoms with E-state index in [1.165, 1.54) is 6.07 Å². The summed E-state index contributed by atoms with van der Waals surface area (Å²) < 4.78 is 28.7. The molecule has 1 aromatic heterocycles. The molecule has 0 radical (unpaired) electrons. The minimum Gasteiger partial charge on any atom is -0.435 e. The quantitative estimate of drug-likeness (QED) is 0.853. The zero-order chi connectivity index (χ0) is 14.7. The van der Waals surface area contributed by atoms with Crippen LogP contribution in [0.3, 0.4) is 0 Å². The zero-order valence-electron chi connectivity index (χ0n) is 12.0. The predicted octanol–water partition coefficient (Wildman–Crippen LogP) is 3.14. The second-order valence-electron chi connectivity index (χ2n) is 4.65. The molecule has 9 heteroatoms. The van der Waals surface area contributed by atoms with Gasteiger partial charge in [0, 0.05) is 31.4 Å². The highest BCUT2D eigenvalue weighted by Crippen LogP contribution is 2.17. The fourth-order valence-electron chi connectivity index (χ4n) is 2.16. The lowest BCUT2D eigenvalue weighted by Gasteiger charge is -2.08. The number of aromatic nitrogens is 2. The van der Waals surface area contributed by atoms with Crippen molar-refractivity contribution in [2.75, 3.05) is 5.32 Å². The molecule has 2 aromatic rings. The third-order valence-corrected chi connectivity index (χ3v) is 3.14. The Hall–Kier alpha value is -1.70. The van der Waals surface area contributed by atoms with Crippen LogP contribution in [0.25, 0.3) is 0 Å². The standard InChI is InChI=1S/C14H14F2N4O.2ClH/c15-13(16)21-11-3-1-2-9(4-11)5-18-14-19-7-10-6-17-8-12(10)20-14;;/h1-4,7,13,17H,5-6,8H2,(H,18,19,20);2*1H. The van der Waals surface area contributed by atoms with Gasteiger partial charge in [0.2, 0.25) is 5.95 Å². The molecular formula is C14H16Cl2F2N4O. The Morgan fingerprint density at radius 2 is 2.09 bits per heavy atom. The van der Waals surface area contributed by atoms with E-state index >= 15 is 0 Å². The van der Waals surface area contributed by atoms with Gasteiger partial charge >= 0.3 is 6.61 Å². The molecule has 0 atom stereocenters. The monoisotopic (exact) mass is 364 g/mol. The average molecular weight is 365 g/mol. The Morgan fingerprint density at radius 1 is 1.26 bits per heavy atom. The molecule has 1 aliphatic rings. The molecular weight excluding hydrogens is 349 g/mol. The summed E-state index contributed by atoms with van der Waals surface area (Å²) in [6.07, 6.45) is 1.79. The molecule has 126 valence electrons. The van der Waals surface area contributed by atoms with Gasteiger partial charge in [0.05, 0.1) is 5.69 Å². The van der Waals surface area contributed by atoms with E-state index in [0.29, 0.717) is 12.5 Å². The van der Waals surface area contributed by atoms with Crippen LogP contribution in [0.2, 0.25) is 0 Å². The summed E-state index contributed by atoms with van der Waals surface area (Å²) >= 11 is 0. The predicted molar refractivity (Wildman–Crippen MR) is 87.5 cm³/mol. The first kappa shape index (κ1) is 19.3. The van der Waals surface area contributed by atoms with Crippen molar-refractivity contribution in [2.45, 2.75) is 26.2 Å². The van der Waals surface area contributed by atoms with Gasteiger partial charge in [0.15, 0.2) is 0 Å². The first-order chi connectivity index (χ1) is 10.2. The summed E-state index contributed by atoms with van der Waals surface area (Å²) in [4.78, 5) is 8.63. The largest absolute Gasteiger partial charge is 0.435 e. The van der Waals surface area contributed by atoms with Crippen LogP contribution >= 0.6 is 24.8 Å². The minimum atomic E-state index is -2.82. The van der Waals surface area contributed by atoms with E-state index in [1.807, 2.05) is 6.07 Å². The van der Waals surface area contributed by atoms with Gasteiger partial charge in [-0.25, -0.2) is 9.97 Å². The van der Waals surface area contributed by atoms with Gasteiger partial charge in [-0.2, -0.15) is 8.78 Å². The Labute approximate surface area is 144 Å². The second kappa shape index (κ2) is 8.81. The molecule has 0 amide bonds. The van der Waals surface area contributed by atoms with E-state index in [-0.39, 0.29) is 30.6 Å². The number of hydrogen-bond acceptors (Lipinski definition) is 5. The molecule has 0 saturated carbocycles. The van der Waals surface area contributed by atoms with E-state index in [9.17, 15) is 8.78 Å². The maximum Gasteiger partial charge on any atom is 0.387 e. The normalized spacial score (nSPS) is 12.1. The van der Waals surface area contributed by atoms with Gasteiger partial charge in [0.1, 0.15) is 5.75 Å². The maximum atomic E-state index is 12.2. The number of alkyl halides is 2. The van der Waals surface area contributed by atoms with Crippen molar-refractivity contribution < 1.29 is 13.5 Å². The van der Waals surface area contributed by atoms with Crippen LogP contribution in [0.1, 0.15) is 16.8 Å². The number of nitrogens with zero attached hydrogens (tertiary/aromatic N) is 2. The number of fused-ring (bicyclic) bond motifs is 1. The molecule has 1 aliphatic heterocycles. The van der Waals surface area contributed by atoms with E-state index in [0.717, 1.165) is 29.9 Å². The number of nitrogens with one attached hydrogen (secondary N) is 2. The summed E-state index contributed by atoms with van der Waals surface area (Å²) in [5.74, 6) is 0.668. The first-order valence-corrected chi connectivity index (χ1v) is 6.54. The number of halogens is 4. The number of rotatable bonds is 5. The van der Waals surface area contributed by atoms with Crippen molar-refractivity contribution >= 4 is 30.8 Å². The molecule has 23 heavy (non-hydrogen) atoms. The zero-order valence-corrected chi connectivity index (χ0v) is 13.6.